The van der Waals surface area contributed by atoms with Gasteiger partial charge in [0.2, 0.25) is 5.88 Å². The number of hydrogen-bond donors (Lipinski definition) is 2. The summed E-state index contributed by atoms with van der Waals surface area (Å²) in [6, 6.07) is 14.2. The minimum atomic E-state index is -4.66. The van der Waals surface area contributed by atoms with Crippen molar-refractivity contribution < 1.29 is 44.8 Å². The van der Waals surface area contributed by atoms with Gasteiger partial charge in [0.25, 0.3) is 0 Å². The molecule has 0 unspecified atom stereocenters. The van der Waals surface area contributed by atoms with Crippen molar-refractivity contribution in [3.8, 4) is 17.4 Å². The molecule has 0 saturated carbocycles. The number of alkyl halides is 3. The van der Waals surface area contributed by atoms with Crippen LogP contribution in [-0.2, 0) is 38.4 Å². The fourth-order valence-corrected chi connectivity index (χ4v) is 4.03. The Morgan fingerprint density at radius 3 is 2.50 bits per heavy atom. The van der Waals surface area contributed by atoms with Crippen molar-refractivity contribution in [1.29, 1.82) is 0 Å². The second-order valence-corrected chi connectivity index (χ2v) is 9.80. The van der Waals surface area contributed by atoms with E-state index in [1.807, 2.05) is 30.3 Å². The zero-order chi connectivity index (χ0) is 29.2. The van der Waals surface area contributed by atoms with Gasteiger partial charge in [-0.3, -0.25) is 0 Å². The highest BCUT2D eigenvalue weighted by Gasteiger charge is 2.32. The normalized spacial score (nSPS) is 11.6. The summed E-state index contributed by atoms with van der Waals surface area (Å²) in [5.74, 6) is -0.00227. The van der Waals surface area contributed by atoms with E-state index in [4.69, 9.17) is 25.8 Å². The van der Waals surface area contributed by atoms with Gasteiger partial charge in [-0.25, -0.2) is 9.78 Å². The number of nitrogens with zero attached hydrogens (tertiary/aromatic N) is 1. The van der Waals surface area contributed by atoms with Gasteiger partial charge >= 0.3 is 22.6 Å². The molecule has 40 heavy (non-hydrogen) atoms. The van der Waals surface area contributed by atoms with E-state index in [2.05, 4.69) is 19.2 Å². The van der Waals surface area contributed by atoms with Gasteiger partial charge in [-0.05, 0) is 30.2 Å². The molecule has 0 spiro atoms. The number of pyridine rings is 1. The lowest BCUT2D eigenvalue weighted by molar-refractivity contribution is -0.137. The van der Waals surface area contributed by atoms with Crippen molar-refractivity contribution in [3.63, 3.8) is 0 Å². The van der Waals surface area contributed by atoms with Crippen molar-refractivity contribution in [3.05, 3.63) is 82.5 Å². The monoisotopic (exact) mass is 603 g/mol. The number of hydrogen-bond acceptors (Lipinski definition) is 8. The Kier molecular flexibility index (Phi) is 11.0. The van der Waals surface area contributed by atoms with Crippen molar-refractivity contribution in [2.75, 3.05) is 26.9 Å². The summed E-state index contributed by atoms with van der Waals surface area (Å²) in [6.45, 7) is 0.188. The van der Waals surface area contributed by atoms with E-state index in [0.29, 0.717) is 24.4 Å². The van der Waals surface area contributed by atoms with Gasteiger partial charge < -0.3 is 23.7 Å². The van der Waals surface area contributed by atoms with Crippen LogP contribution in [0, 0.1) is 0 Å². The topological polar surface area (TPSA) is 125 Å². The fourth-order valence-electron chi connectivity index (χ4n) is 3.16. The molecule has 1 aromatic heterocycles. The number of carbonyl (C=O) groups excluding carboxylic acids is 1. The van der Waals surface area contributed by atoms with E-state index >= 15 is 0 Å². The number of rotatable bonds is 13. The van der Waals surface area contributed by atoms with Crippen LogP contribution in [0.4, 0.5) is 18.0 Å². The third kappa shape index (κ3) is 9.86. The Morgan fingerprint density at radius 2 is 1.82 bits per heavy atom. The lowest BCUT2D eigenvalue weighted by Gasteiger charge is -2.15. The highest BCUT2D eigenvalue weighted by molar-refractivity contribution is 7.85. The summed E-state index contributed by atoms with van der Waals surface area (Å²) in [7, 11) is -2.91. The summed E-state index contributed by atoms with van der Waals surface area (Å²) in [5.41, 5.74) is 0.104. The molecule has 0 aliphatic heterocycles. The molecule has 0 aliphatic carbocycles. The molecule has 3 rings (SSSR count). The van der Waals surface area contributed by atoms with Crippen LogP contribution in [0.25, 0.3) is 0 Å². The molecular weight excluding hydrogens is 579 g/mol. The first-order chi connectivity index (χ1) is 19.0. The van der Waals surface area contributed by atoms with Gasteiger partial charge in [-0.1, -0.05) is 41.9 Å². The number of methoxy groups -OCH3 is 1. The summed E-state index contributed by atoms with van der Waals surface area (Å²) >= 11 is 5.96. The van der Waals surface area contributed by atoms with E-state index in [0.717, 1.165) is 5.56 Å². The van der Waals surface area contributed by atoms with Crippen molar-refractivity contribution >= 4 is 28.0 Å². The average molecular weight is 604 g/mol. The van der Waals surface area contributed by atoms with Crippen LogP contribution in [-0.4, -0.2) is 46.4 Å². The molecule has 1 amide bonds. The molecule has 0 bridgehead atoms. The molecule has 0 fully saturated rings. The second-order valence-electron chi connectivity index (χ2n) is 8.03. The summed E-state index contributed by atoms with van der Waals surface area (Å²) in [5, 5.41) is 1.87. The molecule has 3 aromatic rings. The standard InChI is InChI=1S/C25H25ClF3N3O7S/c1-36-11-12-37-20-8-7-18(22(14-20)38-23-21(26)13-19(16-30-23)25(27,28)29)15-31-24(33)39-40(34,35)32-10-9-17-5-3-2-4-6-17/h2-8,13-14,16,32H,9-12,15H2,1H3,(H,31,33). The molecule has 216 valence electrons. The highest BCUT2D eigenvalue weighted by Crippen LogP contribution is 2.36. The van der Waals surface area contributed by atoms with Crippen LogP contribution in [0.1, 0.15) is 16.7 Å². The van der Waals surface area contributed by atoms with Crippen LogP contribution in [0.5, 0.6) is 17.4 Å². The van der Waals surface area contributed by atoms with E-state index < -0.39 is 33.2 Å². The number of benzene rings is 2. The molecular formula is C25H25ClF3N3O7S. The number of amides is 1. The highest BCUT2D eigenvalue weighted by atomic mass is 35.5. The van der Waals surface area contributed by atoms with Gasteiger partial charge in [-0.15, -0.1) is 0 Å². The van der Waals surface area contributed by atoms with E-state index in [1.54, 1.807) is 0 Å². The Balaban J connectivity index is 1.67. The van der Waals surface area contributed by atoms with E-state index in [1.165, 1.54) is 25.3 Å². The number of nitrogens with one attached hydrogen (secondary N) is 2. The van der Waals surface area contributed by atoms with Crippen LogP contribution < -0.4 is 19.5 Å². The second kappa shape index (κ2) is 14.2. The average Bonchev–Trinajstić information content (AvgIpc) is 2.89. The van der Waals surface area contributed by atoms with Crippen molar-refractivity contribution in [2.45, 2.75) is 19.1 Å². The predicted octanol–water partition coefficient (Wildman–Crippen LogP) is 4.87. The molecule has 0 aliphatic rings. The fraction of sp³-hybridized carbons (Fsp3) is 0.280. The van der Waals surface area contributed by atoms with Gasteiger partial charge in [0, 0.05) is 38.0 Å². The molecule has 2 aromatic carbocycles. The zero-order valence-corrected chi connectivity index (χ0v) is 22.6. The van der Waals surface area contributed by atoms with Gasteiger partial charge in [0.1, 0.15) is 23.1 Å². The van der Waals surface area contributed by atoms with E-state index in [9.17, 15) is 26.4 Å². The summed E-state index contributed by atoms with van der Waals surface area (Å²) in [6.07, 6.45) is -4.99. The summed E-state index contributed by atoms with van der Waals surface area (Å²) < 4.78 is 85.9. The maximum Gasteiger partial charge on any atom is 0.423 e. The Labute approximate surface area is 233 Å². The van der Waals surface area contributed by atoms with Crippen molar-refractivity contribution in [1.82, 2.24) is 15.0 Å². The van der Waals surface area contributed by atoms with Crippen molar-refractivity contribution in [2.24, 2.45) is 0 Å². The first-order valence-electron chi connectivity index (χ1n) is 11.6. The zero-order valence-electron chi connectivity index (χ0n) is 21.0. The maximum atomic E-state index is 13.0. The van der Waals surface area contributed by atoms with E-state index in [-0.39, 0.29) is 43.5 Å². The molecule has 0 radical (unpaired) electrons. The molecule has 0 atom stereocenters. The van der Waals surface area contributed by atoms with Gasteiger partial charge in [-0.2, -0.15) is 26.3 Å². The summed E-state index contributed by atoms with van der Waals surface area (Å²) in [4.78, 5) is 15.8. The SMILES string of the molecule is COCCOc1ccc(CNC(=O)OS(=O)(=O)NCCc2ccccc2)c(Oc2ncc(C(F)(F)F)cc2Cl)c1. The molecule has 15 heteroatoms. The Hall–Kier alpha value is -3.59. The number of carbonyl (C=O) groups is 1. The predicted molar refractivity (Wildman–Crippen MR) is 139 cm³/mol. The molecule has 1 heterocycles. The minimum absolute atomic E-state index is 0.00301. The first-order valence-corrected chi connectivity index (χ1v) is 13.4. The maximum absolute atomic E-state index is 13.0. The third-order valence-corrected chi connectivity index (χ3v) is 6.28. The number of aromatic nitrogens is 1. The quantitative estimate of drug-likeness (QED) is 0.265. The lowest BCUT2D eigenvalue weighted by Crippen LogP contribution is -2.34. The Bertz CT molecular complexity index is 1390. The minimum Gasteiger partial charge on any atom is -0.491 e. The lowest BCUT2D eigenvalue weighted by atomic mass is 10.2. The van der Waals surface area contributed by atoms with Gasteiger partial charge in [0.05, 0.1) is 12.2 Å². The van der Waals surface area contributed by atoms with Crippen LogP contribution in [0.3, 0.4) is 0 Å². The molecule has 0 saturated heterocycles. The smallest absolute Gasteiger partial charge is 0.423 e. The third-order valence-electron chi connectivity index (χ3n) is 5.08. The number of halogens is 4. The molecule has 10 nitrogen and oxygen atoms in total. The largest absolute Gasteiger partial charge is 0.491 e. The first kappa shape index (κ1) is 30.9. The van der Waals surface area contributed by atoms with Crippen LogP contribution in [0.2, 0.25) is 5.02 Å². The molecule has 2 N–H and O–H groups in total. The number of ether oxygens (including phenoxy) is 3. The Morgan fingerprint density at radius 1 is 1.07 bits per heavy atom. The van der Waals surface area contributed by atoms with Crippen LogP contribution in [0.15, 0.2) is 60.8 Å². The van der Waals surface area contributed by atoms with Crippen LogP contribution >= 0.6 is 11.6 Å². The van der Waals surface area contributed by atoms with Gasteiger partial charge in [0.15, 0.2) is 0 Å².